The molecule has 0 bridgehead atoms. The van der Waals surface area contributed by atoms with Crippen molar-refractivity contribution in [2.24, 2.45) is 5.92 Å². The summed E-state index contributed by atoms with van der Waals surface area (Å²) < 4.78 is 0. The van der Waals surface area contributed by atoms with Crippen LogP contribution in [0.25, 0.3) is 0 Å². The van der Waals surface area contributed by atoms with Gasteiger partial charge < -0.3 is 4.90 Å². The number of carbonyl (C=O) groups excluding carboxylic acids is 3. The Hall–Kier alpha value is -2.75. The van der Waals surface area contributed by atoms with Crippen LogP contribution in [0.15, 0.2) is 48.5 Å². The second-order valence-electron chi connectivity index (χ2n) is 7.11. The van der Waals surface area contributed by atoms with E-state index in [2.05, 4.69) is 0 Å². The average Bonchev–Trinajstić information content (AvgIpc) is 3.05. The first kappa shape index (κ1) is 16.7. The molecule has 0 aromatic heterocycles. The molecule has 0 N–H and O–H groups in total. The highest BCUT2D eigenvalue weighted by Crippen LogP contribution is 2.47. The lowest BCUT2D eigenvalue weighted by atomic mass is 9.75. The van der Waals surface area contributed by atoms with E-state index in [-0.39, 0.29) is 29.3 Å². The van der Waals surface area contributed by atoms with Gasteiger partial charge in [0.25, 0.3) is 5.91 Å². The van der Waals surface area contributed by atoms with Gasteiger partial charge >= 0.3 is 0 Å². The third kappa shape index (κ3) is 2.66. The van der Waals surface area contributed by atoms with Gasteiger partial charge in [-0.25, -0.2) is 0 Å². The molecule has 0 fully saturated rings. The normalized spacial score (nSPS) is 20.8. The molecule has 1 heterocycles. The van der Waals surface area contributed by atoms with Gasteiger partial charge in [0.05, 0.1) is 0 Å². The number of benzene rings is 2. The Balaban J connectivity index is 1.69. The molecule has 26 heavy (non-hydrogen) atoms. The molecule has 1 aliphatic carbocycles. The van der Waals surface area contributed by atoms with Crippen LogP contribution < -0.4 is 4.90 Å². The third-order valence-corrected chi connectivity index (χ3v) is 5.52. The van der Waals surface area contributed by atoms with Crippen LogP contribution in [0.4, 0.5) is 5.69 Å². The van der Waals surface area contributed by atoms with Gasteiger partial charge in [-0.3, -0.25) is 14.4 Å². The van der Waals surface area contributed by atoms with Crippen molar-refractivity contribution in [3.8, 4) is 0 Å². The minimum atomic E-state index is -0.262. The van der Waals surface area contributed by atoms with E-state index >= 15 is 0 Å². The Kier molecular flexibility index (Phi) is 4.19. The summed E-state index contributed by atoms with van der Waals surface area (Å²) >= 11 is 0. The number of anilines is 1. The van der Waals surface area contributed by atoms with E-state index in [4.69, 9.17) is 0 Å². The lowest BCUT2D eigenvalue weighted by Gasteiger charge is -2.26. The molecule has 2 aliphatic rings. The van der Waals surface area contributed by atoms with Gasteiger partial charge in [-0.15, -0.1) is 0 Å². The number of nitrogens with zero attached hydrogens (tertiary/aromatic N) is 1. The lowest BCUT2D eigenvalue weighted by Crippen LogP contribution is -2.31. The molecule has 4 rings (SSSR count). The maximum absolute atomic E-state index is 13.0. The Morgan fingerprint density at radius 1 is 1.08 bits per heavy atom. The fourth-order valence-corrected chi connectivity index (χ4v) is 4.23. The molecule has 132 valence electrons. The fraction of sp³-hybridized carbons (Fsp3) is 0.318. The molecule has 2 aromatic carbocycles. The van der Waals surface area contributed by atoms with Crippen molar-refractivity contribution in [2.45, 2.75) is 32.1 Å². The lowest BCUT2D eigenvalue weighted by molar-refractivity contribution is -0.119. The van der Waals surface area contributed by atoms with E-state index in [0.717, 1.165) is 11.3 Å². The summed E-state index contributed by atoms with van der Waals surface area (Å²) in [6.07, 6.45) is 1.41. The Bertz CT molecular complexity index is 888. The maximum Gasteiger partial charge on any atom is 0.258 e. The van der Waals surface area contributed by atoms with Crippen LogP contribution in [0.3, 0.4) is 0 Å². The highest BCUT2D eigenvalue weighted by Gasteiger charge is 2.42. The van der Waals surface area contributed by atoms with Crippen molar-refractivity contribution in [1.82, 2.24) is 0 Å². The minimum Gasteiger partial charge on any atom is -0.307 e. The van der Waals surface area contributed by atoms with E-state index in [9.17, 15) is 14.4 Å². The standard InChI is InChI=1S/C22H21NO3/c1-2-17(24)12-15-11-16-13-23(22(26)14-7-4-3-5-8-14)19-10-6-9-18(20(16)19)21(15)25/h3-10,15-16H,2,11-13H2,1H3. The van der Waals surface area contributed by atoms with Gasteiger partial charge in [-0.1, -0.05) is 37.3 Å². The number of rotatable bonds is 4. The van der Waals surface area contributed by atoms with E-state index in [1.54, 1.807) is 4.90 Å². The molecule has 4 heteroatoms. The summed E-state index contributed by atoms with van der Waals surface area (Å²) in [7, 11) is 0. The van der Waals surface area contributed by atoms with Crippen LogP contribution in [-0.2, 0) is 4.79 Å². The first-order valence-corrected chi connectivity index (χ1v) is 9.16. The highest BCUT2D eigenvalue weighted by molar-refractivity contribution is 6.10. The molecule has 2 atom stereocenters. The molecule has 1 aliphatic heterocycles. The summed E-state index contributed by atoms with van der Waals surface area (Å²) in [5.74, 6) is -0.00249. The number of hydrogen-bond donors (Lipinski definition) is 0. The van der Waals surface area contributed by atoms with Crippen LogP contribution in [0.2, 0.25) is 0 Å². The number of Topliss-reactive ketones (excluding diaryl/α,β-unsaturated/α-hetero) is 2. The zero-order valence-electron chi connectivity index (χ0n) is 14.8. The minimum absolute atomic E-state index is 0.0398. The van der Waals surface area contributed by atoms with Crippen LogP contribution in [0.1, 0.15) is 58.4 Å². The van der Waals surface area contributed by atoms with Crippen molar-refractivity contribution < 1.29 is 14.4 Å². The van der Waals surface area contributed by atoms with E-state index < -0.39 is 0 Å². The first-order valence-electron chi connectivity index (χ1n) is 9.16. The van der Waals surface area contributed by atoms with Gasteiger partial charge in [0.15, 0.2) is 5.78 Å². The molecule has 2 unspecified atom stereocenters. The molecule has 0 spiro atoms. The molecule has 0 saturated carbocycles. The second kappa shape index (κ2) is 6.52. The number of hydrogen-bond acceptors (Lipinski definition) is 3. The average molecular weight is 347 g/mol. The van der Waals surface area contributed by atoms with Crippen molar-refractivity contribution in [3.05, 3.63) is 65.2 Å². The molecule has 0 saturated heterocycles. The predicted molar refractivity (Wildman–Crippen MR) is 99.7 cm³/mol. The molecular formula is C22H21NO3. The maximum atomic E-state index is 13.0. The van der Waals surface area contributed by atoms with Gasteiger partial charge in [0, 0.05) is 48.0 Å². The van der Waals surface area contributed by atoms with Crippen molar-refractivity contribution >= 4 is 23.2 Å². The van der Waals surface area contributed by atoms with Crippen LogP contribution in [0.5, 0.6) is 0 Å². The fourth-order valence-electron chi connectivity index (χ4n) is 4.23. The van der Waals surface area contributed by atoms with Crippen molar-refractivity contribution in [1.29, 1.82) is 0 Å². The third-order valence-electron chi connectivity index (χ3n) is 5.52. The monoisotopic (exact) mass is 347 g/mol. The summed E-state index contributed by atoms with van der Waals surface area (Å²) in [5.41, 5.74) is 3.17. The summed E-state index contributed by atoms with van der Waals surface area (Å²) in [6, 6.07) is 14.8. The van der Waals surface area contributed by atoms with Crippen LogP contribution in [-0.4, -0.2) is 24.0 Å². The van der Waals surface area contributed by atoms with E-state index in [1.165, 1.54) is 0 Å². The number of carbonyl (C=O) groups is 3. The zero-order valence-corrected chi connectivity index (χ0v) is 14.8. The van der Waals surface area contributed by atoms with Crippen molar-refractivity contribution in [3.63, 3.8) is 0 Å². The summed E-state index contributed by atoms with van der Waals surface area (Å²) in [4.78, 5) is 39.5. The van der Waals surface area contributed by atoms with Gasteiger partial charge in [0.2, 0.25) is 0 Å². The number of amides is 1. The predicted octanol–water partition coefficient (Wildman–Crippen LogP) is 4.00. The smallest absolute Gasteiger partial charge is 0.258 e. The van der Waals surface area contributed by atoms with Crippen molar-refractivity contribution in [2.75, 3.05) is 11.4 Å². The largest absolute Gasteiger partial charge is 0.307 e. The van der Waals surface area contributed by atoms with Gasteiger partial charge in [-0.2, -0.15) is 0 Å². The van der Waals surface area contributed by atoms with E-state index in [1.807, 2.05) is 55.5 Å². The SMILES string of the molecule is CCC(=O)CC1CC2CN(C(=O)c3ccccc3)c3cccc(c32)C1=O. The molecule has 2 aromatic rings. The summed E-state index contributed by atoms with van der Waals surface area (Å²) in [5, 5.41) is 0. The summed E-state index contributed by atoms with van der Waals surface area (Å²) in [6.45, 7) is 2.40. The van der Waals surface area contributed by atoms with Gasteiger partial charge in [-0.05, 0) is 30.2 Å². The molecular weight excluding hydrogens is 326 g/mol. The van der Waals surface area contributed by atoms with Crippen LogP contribution >= 0.6 is 0 Å². The van der Waals surface area contributed by atoms with E-state index in [0.29, 0.717) is 36.9 Å². The Morgan fingerprint density at radius 2 is 1.85 bits per heavy atom. The number of ketones is 2. The first-order chi connectivity index (χ1) is 12.6. The second-order valence-corrected chi connectivity index (χ2v) is 7.11. The topological polar surface area (TPSA) is 54.5 Å². The molecule has 1 amide bonds. The highest BCUT2D eigenvalue weighted by atomic mass is 16.2. The Labute approximate surface area is 152 Å². The molecule has 0 radical (unpaired) electrons. The Morgan fingerprint density at radius 3 is 2.58 bits per heavy atom. The molecule has 4 nitrogen and oxygen atoms in total. The van der Waals surface area contributed by atoms with Crippen LogP contribution in [0, 0.1) is 5.92 Å². The van der Waals surface area contributed by atoms with Gasteiger partial charge in [0.1, 0.15) is 5.78 Å². The zero-order chi connectivity index (χ0) is 18.3. The quantitative estimate of drug-likeness (QED) is 0.840.